The Morgan fingerprint density at radius 1 is 1.38 bits per heavy atom. The number of nitrogen functional groups attached to an aromatic ring is 1. The van der Waals surface area contributed by atoms with E-state index >= 15 is 0 Å². The maximum atomic E-state index is 5.99. The van der Waals surface area contributed by atoms with Crippen molar-refractivity contribution < 1.29 is 0 Å². The van der Waals surface area contributed by atoms with Crippen LogP contribution in [0.25, 0.3) is 11.5 Å². The molecule has 5 heteroatoms. The predicted octanol–water partition coefficient (Wildman–Crippen LogP) is 1.57. The Morgan fingerprint density at radius 2 is 2.06 bits per heavy atom. The molecule has 5 nitrogen and oxygen atoms in total. The highest BCUT2D eigenvalue weighted by Crippen LogP contribution is 2.26. The molecule has 0 spiro atoms. The molecule has 0 aromatic carbocycles. The van der Waals surface area contributed by atoms with Crippen molar-refractivity contribution in [2.24, 2.45) is 7.05 Å². The molecule has 0 aliphatic rings. The highest BCUT2D eigenvalue weighted by Gasteiger charge is 2.16. The number of rotatable bonds is 2. The molecule has 0 aliphatic carbocycles. The van der Waals surface area contributed by atoms with E-state index in [-0.39, 0.29) is 0 Å². The molecule has 0 fully saturated rings. The molecule has 0 atom stereocenters. The second-order valence-corrected chi connectivity index (χ2v) is 3.98. The monoisotopic (exact) mass is 219 g/mol. The van der Waals surface area contributed by atoms with E-state index in [0.29, 0.717) is 5.69 Å². The summed E-state index contributed by atoms with van der Waals surface area (Å²) in [6, 6.07) is 0. The van der Waals surface area contributed by atoms with Gasteiger partial charge in [0.2, 0.25) is 0 Å². The second kappa shape index (κ2) is 3.66. The topological polar surface area (TPSA) is 72.5 Å². The maximum absolute atomic E-state index is 5.99. The number of nitrogens with one attached hydrogen (secondary N) is 1. The minimum absolute atomic E-state index is 0.693. The van der Waals surface area contributed by atoms with Crippen LogP contribution in [-0.2, 0) is 13.5 Å². The molecule has 2 heterocycles. The van der Waals surface area contributed by atoms with E-state index in [1.807, 2.05) is 20.9 Å². The smallest absolute Gasteiger partial charge is 0.158 e. The van der Waals surface area contributed by atoms with Crippen molar-refractivity contribution in [3.63, 3.8) is 0 Å². The zero-order valence-electron chi connectivity index (χ0n) is 10.1. The van der Waals surface area contributed by atoms with E-state index in [4.69, 9.17) is 5.73 Å². The van der Waals surface area contributed by atoms with Crippen LogP contribution in [0.3, 0.4) is 0 Å². The molecule has 0 bridgehead atoms. The molecule has 0 aliphatic heterocycles. The summed E-state index contributed by atoms with van der Waals surface area (Å²) in [5, 5.41) is 4.28. The third-order valence-corrected chi connectivity index (χ3v) is 2.81. The van der Waals surface area contributed by atoms with Gasteiger partial charge in [0.1, 0.15) is 5.69 Å². The van der Waals surface area contributed by atoms with Gasteiger partial charge in [0, 0.05) is 12.7 Å². The van der Waals surface area contributed by atoms with Gasteiger partial charge in [0.05, 0.1) is 17.1 Å². The van der Waals surface area contributed by atoms with Gasteiger partial charge in [-0.25, -0.2) is 4.98 Å². The summed E-state index contributed by atoms with van der Waals surface area (Å²) in [6.07, 6.45) is 0.916. The number of nitrogens with two attached hydrogens (primary N) is 1. The molecular formula is C11H17N5. The molecule has 16 heavy (non-hydrogen) atoms. The van der Waals surface area contributed by atoms with E-state index < -0.39 is 0 Å². The summed E-state index contributed by atoms with van der Waals surface area (Å²) in [6.45, 7) is 6.01. The first-order chi connectivity index (χ1) is 7.54. The van der Waals surface area contributed by atoms with Crippen LogP contribution < -0.4 is 5.73 Å². The Morgan fingerprint density at radius 3 is 2.50 bits per heavy atom. The molecule has 86 valence electrons. The Hall–Kier alpha value is -1.78. The highest BCUT2D eigenvalue weighted by atomic mass is 15.3. The van der Waals surface area contributed by atoms with Crippen LogP contribution >= 0.6 is 0 Å². The Labute approximate surface area is 94.7 Å². The van der Waals surface area contributed by atoms with Crippen molar-refractivity contribution in [2.75, 3.05) is 5.73 Å². The number of aromatic amines is 1. The van der Waals surface area contributed by atoms with Crippen molar-refractivity contribution in [1.29, 1.82) is 0 Å². The van der Waals surface area contributed by atoms with Gasteiger partial charge in [-0.3, -0.25) is 4.68 Å². The van der Waals surface area contributed by atoms with Crippen LogP contribution in [0, 0.1) is 13.8 Å². The number of hydrogen-bond donors (Lipinski definition) is 2. The quantitative estimate of drug-likeness (QED) is 0.805. The summed E-state index contributed by atoms with van der Waals surface area (Å²) in [5.74, 6) is 0.801. The van der Waals surface area contributed by atoms with Gasteiger partial charge in [0.15, 0.2) is 5.82 Å². The minimum Gasteiger partial charge on any atom is -0.395 e. The first-order valence-electron chi connectivity index (χ1n) is 5.39. The lowest BCUT2D eigenvalue weighted by Gasteiger charge is -1.98. The van der Waals surface area contributed by atoms with E-state index in [0.717, 1.165) is 35.0 Å². The first kappa shape index (κ1) is 10.7. The SMILES string of the molecule is CCc1nc(-c2c(N)c(C)nn2C)[nH]c1C. The standard InChI is InChI=1S/C11H17N5/c1-5-8-6(2)13-11(14-8)10-9(12)7(3)15-16(10)4/h5,12H2,1-4H3,(H,13,14). The average molecular weight is 219 g/mol. The number of aromatic nitrogens is 4. The fourth-order valence-electron chi connectivity index (χ4n) is 1.91. The lowest BCUT2D eigenvalue weighted by Crippen LogP contribution is -1.97. The van der Waals surface area contributed by atoms with Crippen LogP contribution in [-0.4, -0.2) is 19.7 Å². The fraction of sp³-hybridized carbons (Fsp3) is 0.455. The normalized spacial score (nSPS) is 11.0. The summed E-state index contributed by atoms with van der Waals surface area (Å²) < 4.78 is 1.77. The number of aryl methyl sites for hydroxylation is 4. The second-order valence-electron chi connectivity index (χ2n) is 3.98. The van der Waals surface area contributed by atoms with E-state index in [2.05, 4.69) is 22.0 Å². The van der Waals surface area contributed by atoms with E-state index in [1.165, 1.54) is 0 Å². The number of hydrogen-bond acceptors (Lipinski definition) is 3. The van der Waals surface area contributed by atoms with E-state index in [1.54, 1.807) is 4.68 Å². The van der Waals surface area contributed by atoms with Crippen LogP contribution in [0.1, 0.15) is 24.0 Å². The maximum Gasteiger partial charge on any atom is 0.158 e. The molecule has 2 aromatic heterocycles. The van der Waals surface area contributed by atoms with E-state index in [9.17, 15) is 0 Å². The number of anilines is 1. The number of nitrogens with zero attached hydrogens (tertiary/aromatic N) is 3. The highest BCUT2D eigenvalue weighted by molar-refractivity contribution is 5.70. The summed E-state index contributed by atoms with van der Waals surface area (Å²) >= 11 is 0. The van der Waals surface area contributed by atoms with Gasteiger partial charge in [0.25, 0.3) is 0 Å². The van der Waals surface area contributed by atoms with Crippen LogP contribution in [0.5, 0.6) is 0 Å². The lowest BCUT2D eigenvalue weighted by atomic mass is 10.3. The van der Waals surface area contributed by atoms with Crippen molar-refractivity contribution in [1.82, 2.24) is 19.7 Å². The molecule has 0 saturated heterocycles. The van der Waals surface area contributed by atoms with Crippen molar-refractivity contribution in [2.45, 2.75) is 27.2 Å². The molecule has 3 N–H and O–H groups in total. The average Bonchev–Trinajstić information content (AvgIpc) is 2.69. The Kier molecular flexibility index (Phi) is 2.46. The molecular weight excluding hydrogens is 202 g/mol. The molecule has 0 radical (unpaired) electrons. The summed E-state index contributed by atoms with van der Waals surface area (Å²) in [5.41, 5.74) is 10.6. The van der Waals surface area contributed by atoms with Crippen molar-refractivity contribution in [3.8, 4) is 11.5 Å². The van der Waals surface area contributed by atoms with Crippen LogP contribution in [0.2, 0.25) is 0 Å². The van der Waals surface area contributed by atoms with Crippen LogP contribution in [0.4, 0.5) is 5.69 Å². The van der Waals surface area contributed by atoms with Crippen LogP contribution in [0.15, 0.2) is 0 Å². The Balaban J connectivity index is 2.58. The largest absolute Gasteiger partial charge is 0.395 e. The van der Waals surface area contributed by atoms with Crippen molar-refractivity contribution >= 4 is 5.69 Å². The molecule has 2 rings (SSSR count). The zero-order chi connectivity index (χ0) is 11.9. The lowest BCUT2D eigenvalue weighted by molar-refractivity contribution is 0.760. The predicted molar refractivity (Wildman–Crippen MR) is 64.1 cm³/mol. The number of H-pyrrole nitrogens is 1. The minimum atomic E-state index is 0.693. The molecule has 0 saturated carbocycles. The van der Waals surface area contributed by atoms with Crippen molar-refractivity contribution in [3.05, 3.63) is 17.1 Å². The van der Waals surface area contributed by atoms with Gasteiger partial charge in [-0.2, -0.15) is 5.10 Å². The molecule has 2 aromatic rings. The third kappa shape index (κ3) is 1.48. The summed E-state index contributed by atoms with van der Waals surface area (Å²) in [7, 11) is 1.88. The fourth-order valence-corrected chi connectivity index (χ4v) is 1.91. The van der Waals surface area contributed by atoms with Gasteiger partial charge < -0.3 is 10.7 Å². The molecule has 0 amide bonds. The van der Waals surface area contributed by atoms with Gasteiger partial charge in [-0.15, -0.1) is 0 Å². The van der Waals surface area contributed by atoms with Gasteiger partial charge in [-0.05, 0) is 20.3 Å². The molecule has 0 unspecified atom stereocenters. The zero-order valence-corrected chi connectivity index (χ0v) is 10.1. The number of imidazole rings is 1. The van der Waals surface area contributed by atoms with Gasteiger partial charge >= 0.3 is 0 Å². The Bertz CT molecular complexity index is 521. The summed E-state index contributed by atoms with van der Waals surface area (Å²) in [4.78, 5) is 7.79. The third-order valence-electron chi connectivity index (χ3n) is 2.81. The first-order valence-corrected chi connectivity index (χ1v) is 5.39. The van der Waals surface area contributed by atoms with Gasteiger partial charge in [-0.1, -0.05) is 6.92 Å².